The van der Waals surface area contributed by atoms with Gasteiger partial charge in [0.2, 0.25) is 0 Å². The Bertz CT molecular complexity index is 525. The summed E-state index contributed by atoms with van der Waals surface area (Å²) in [5.41, 5.74) is 0.503. The van der Waals surface area contributed by atoms with Crippen LogP contribution in [0.4, 0.5) is 0 Å². The molecule has 0 unspecified atom stereocenters. The fourth-order valence-electron chi connectivity index (χ4n) is 4.96. The molecule has 1 amide bonds. The summed E-state index contributed by atoms with van der Waals surface area (Å²) < 4.78 is 1.54. The van der Waals surface area contributed by atoms with Gasteiger partial charge in [0.25, 0.3) is 5.91 Å². The average molecular weight is 294 g/mol. The molecule has 4 nitrogen and oxygen atoms in total. The number of aryl methyl sites for hydroxylation is 1. The molecule has 5 heteroatoms. The van der Waals surface area contributed by atoms with Crippen LogP contribution >= 0.6 is 11.6 Å². The highest BCUT2D eigenvalue weighted by Gasteiger charge is 2.48. The van der Waals surface area contributed by atoms with E-state index < -0.39 is 0 Å². The van der Waals surface area contributed by atoms with Gasteiger partial charge in [-0.2, -0.15) is 5.10 Å². The molecule has 1 N–H and O–H groups in total. The van der Waals surface area contributed by atoms with Crippen LogP contribution in [-0.4, -0.2) is 21.7 Å². The van der Waals surface area contributed by atoms with Crippen molar-refractivity contribution in [1.82, 2.24) is 15.1 Å². The summed E-state index contributed by atoms with van der Waals surface area (Å²) in [4.78, 5) is 12.4. The Morgan fingerprint density at radius 1 is 1.25 bits per heavy atom. The first-order valence-electron chi connectivity index (χ1n) is 7.60. The summed E-state index contributed by atoms with van der Waals surface area (Å²) in [6, 6.07) is 0.353. The summed E-state index contributed by atoms with van der Waals surface area (Å²) in [5, 5.41) is 7.72. The summed E-state index contributed by atoms with van der Waals surface area (Å²) >= 11 is 6.11. The first-order chi connectivity index (χ1) is 9.61. The average Bonchev–Trinajstić information content (AvgIpc) is 2.73. The fraction of sp³-hybridized carbons (Fsp3) is 0.733. The largest absolute Gasteiger partial charge is 0.349 e. The van der Waals surface area contributed by atoms with Gasteiger partial charge in [-0.25, -0.2) is 0 Å². The molecule has 20 heavy (non-hydrogen) atoms. The molecule has 4 saturated carbocycles. The van der Waals surface area contributed by atoms with Crippen molar-refractivity contribution < 1.29 is 4.79 Å². The number of rotatable bonds is 2. The van der Waals surface area contributed by atoms with Crippen molar-refractivity contribution in [3.63, 3.8) is 0 Å². The van der Waals surface area contributed by atoms with Crippen molar-refractivity contribution in [3.05, 3.63) is 16.9 Å². The number of carbonyl (C=O) groups is 1. The number of nitrogens with zero attached hydrogens (tertiary/aromatic N) is 2. The molecule has 4 aliphatic rings. The summed E-state index contributed by atoms with van der Waals surface area (Å²) in [5.74, 6) is 3.16. The maximum atomic E-state index is 12.4. The monoisotopic (exact) mass is 293 g/mol. The van der Waals surface area contributed by atoms with Crippen LogP contribution in [0.1, 0.15) is 42.5 Å². The number of amides is 1. The van der Waals surface area contributed by atoms with Crippen LogP contribution in [0.25, 0.3) is 0 Å². The van der Waals surface area contributed by atoms with Crippen LogP contribution in [0.15, 0.2) is 6.20 Å². The number of aromatic nitrogens is 2. The number of hydrogen-bond acceptors (Lipinski definition) is 2. The molecule has 0 radical (unpaired) electrons. The van der Waals surface area contributed by atoms with Crippen LogP contribution in [-0.2, 0) is 7.05 Å². The van der Waals surface area contributed by atoms with Crippen LogP contribution in [0.5, 0.6) is 0 Å². The van der Waals surface area contributed by atoms with Crippen molar-refractivity contribution >= 4 is 17.5 Å². The highest BCUT2D eigenvalue weighted by Crippen LogP contribution is 2.53. The van der Waals surface area contributed by atoms with Gasteiger partial charge < -0.3 is 5.32 Å². The van der Waals surface area contributed by atoms with Crippen LogP contribution < -0.4 is 5.32 Å². The van der Waals surface area contributed by atoms with Crippen molar-refractivity contribution in [1.29, 1.82) is 0 Å². The molecule has 1 heterocycles. The Morgan fingerprint density at radius 3 is 2.35 bits per heavy atom. The van der Waals surface area contributed by atoms with Gasteiger partial charge in [-0.1, -0.05) is 11.6 Å². The molecule has 0 aliphatic heterocycles. The molecule has 0 aromatic carbocycles. The number of halogens is 1. The standard InChI is InChI=1S/C15H20ClN3O/c1-19-14(16)12(7-17-19)15(20)18-13-10-3-8-2-9(5-10)6-11(13)4-8/h7-11,13H,2-6H2,1H3,(H,18,20). The summed E-state index contributed by atoms with van der Waals surface area (Å²) in [6.07, 6.45) is 8.21. The third-order valence-corrected chi connectivity index (χ3v) is 6.08. The zero-order valence-corrected chi connectivity index (χ0v) is 12.4. The van der Waals surface area contributed by atoms with Gasteiger partial charge in [0.05, 0.1) is 11.8 Å². The molecule has 4 bridgehead atoms. The van der Waals surface area contributed by atoms with Gasteiger partial charge in [-0.3, -0.25) is 9.48 Å². The SMILES string of the molecule is Cn1ncc(C(=O)NC2C3CC4CC(C3)CC2C4)c1Cl. The summed E-state index contributed by atoms with van der Waals surface area (Å²) in [7, 11) is 1.75. The first-order valence-corrected chi connectivity index (χ1v) is 7.98. The van der Waals surface area contributed by atoms with E-state index in [1.807, 2.05) is 0 Å². The Hall–Kier alpha value is -1.03. The first kappa shape index (κ1) is 12.7. The Morgan fingerprint density at radius 2 is 1.85 bits per heavy atom. The van der Waals surface area contributed by atoms with E-state index >= 15 is 0 Å². The molecule has 1 aromatic heterocycles. The van der Waals surface area contributed by atoms with E-state index in [1.54, 1.807) is 13.2 Å². The molecule has 108 valence electrons. The second-order valence-electron chi connectivity index (χ2n) is 6.90. The molecular weight excluding hydrogens is 274 g/mol. The number of nitrogens with one attached hydrogen (secondary N) is 1. The molecule has 4 aliphatic carbocycles. The van der Waals surface area contributed by atoms with Crippen LogP contribution in [0.2, 0.25) is 5.15 Å². The second kappa shape index (κ2) is 4.48. The number of hydrogen-bond donors (Lipinski definition) is 1. The Balaban J connectivity index is 1.52. The van der Waals surface area contributed by atoms with Crippen LogP contribution in [0.3, 0.4) is 0 Å². The minimum absolute atomic E-state index is 0.0550. The predicted molar refractivity (Wildman–Crippen MR) is 76.5 cm³/mol. The molecule has 0 atom stereocenters. The second-order valence-corrected chi connectivity index (χ2v) is 7.26. The minimum Gasteiger partial charge on any atom is -0.349 e. The molecule has 4 fully saturated rings. The normalized spacial score (nSPS) is 38.2. The van der Waals surface area contributed by atoms with Crippen LogP contribution in [0, 0.1) is 23.7 Å². The van der Waals surface area contributed by atoms with E-state index in [9.17, 15) is 4.79 Å². The maximum Gasteiger partial charge on any atom is 0.256 e. The van der Waals surface area contributed by atoms with Gasteiger partial charge in [0, 0.05) is 13.1 Å². The third kappa shape index (κ3) is 1.88. The minimum atomic E-state index is -0.0550. The summed E-state index contributed by atoms with van der Waals surface area (Å²) in [6.45, 7) is 0. The molecular formula is C15H20ClN3O. The van der Waals surface area contributed by atoms with E-state index in [2.05, 4.69) is 10.4 Å². The van der Waals surface area contributed by atoms with Gasteiger partial charge in [0.1, 0.15) is 5.15 Å². The Labute approximate surface area is 123 Å². The smallest absolute Gasteiger partial charge is 0.256 e. The lowest BCUT2D eigenvalue weighted by Crippen LogP contribution is -2.55. The van der Waals surface area contributed by atoms with Gasteiger partial charge in [-0.15, -0.1) is 0 Å². The zero-order chi connectivity index (χ0) is 13.9. The molecule has 0 saturated heterocycles. The fourth-order valence-corrected chi connectivity index (χ4v) is 5.14. The molecule has 0 spiro atoms. The van der Waals surface area contributed by atoms with E-state index in [4.69, 9.17) is 11.6 Å². The van der Waals surface area contributed by atoms with Crippen molar-refractivity contribution in [2.75, 3.05) is 0 Å². The zero-order valence-electron chi connectivity index (χ0n) is 11.7. The predicted octanol–water partition coefficient (Wildman–Crippen LogP) is 2.63. The van der Waals surface area contributed by atoms with Gasteiger partial charge >= 0.3 is 0 Å². The van der Waals surface area contributed by atoms with E-state index in [-0.39, 0.29) is 5.91 Å². The van der Waals surface area contributed by atoms with E-state index in [1.165, 1.54) is 36.8 Å². The lowest BCUT2D eigenvalue weighted by atomic mass is 9.54. The van der Waals surface area contributed by atoms with E-state index in [0.717, 1.165) is 11.8 Å². The lowest BCUT2D eigenvalue weighted by Gasteiger charge is -2.54. The lowest BCUT2D eigenvalue weighted by molar-refractivity contribution is -0.0119. The van der Waals surface area contributed by atoms with E-state index in [0.29, 0.717) is 28.6 Å². The Kier molecular flexibility index (Phi) is 2.85. The highest BCUT2D eigenvalue weighted by molar-refractivity contribution is 6.32. The maximum absolute atomic E-state index is 12.4. The van der Waals surface area contributed by atoms with Gasteiger partial charge in [-0.05, 0) is 55.8 Å². The van der Waals surface area contributed by atoms with Gasteiger partial charge in [0.15, 0.2) is 0 Å². The van der Waals surface area contributed by atoms with Crippen molar-refractivity contribution in [2.24, 2.45) is 30.7 Å². The molecule has 1 aromatic rings. The number of carbonyl (C=O) groups excluding carboxylic acids is 1. The third-order valence-electron chi connectivity index (χ3n) is 5.64. The van der Waals surface area contributed by atoms with Crippen molar-refractivity contribution in [2.45, 2.75) is 38.1 Å². The van der Waals surface area contributed by atoms with Crippen molar-refractivity contribution in [3.8, 4) is 0 Å². The quantitative estimate of drug-likeness (QED) is 0.911. The highest BCUT2D eigenvalue weighted by atomic mass is 35.5. The topological polar surface area (TPSA) is 46.9 Å². The molecule has 5 rings (SSSR count).